The van der Waals surface area contributed by atoms with E-state index in [1.807, 2.05) is 55.5 Å². The fourth-order valence-electron chi connectivity index (χ4n) is 3.61. The predicted molar refractivity (Wildman–Crippen MR) is 109 cm³/mol. The predicted octanol–water partition coefficient (Wildman–Crippen LogP) is 4.17. The summed E-state index contributed by atoms with van der Waals surface area (Å²) in [5.41, 5.74) is 2.61. The summed E-state index contributed by atoms with van der Waals surface area (Å²) in [5.74, 6) is 0.440. The van der Waals surface area contributed by atoms with Gasteiger partial charge in [0.1, 0.15) is 0 Å². The number of aromatic nitrogens is 2. The first-order valence-electron chi connectivity index (χ1n) is 9.15. The Morgan fingerprint density at radius 1 is 1.18 bits per heavy atom. The average Bonchev–Trinajstić information content (AvgIpc) is 3.25. The molecule has 6 nitrogen and oxygen atoms in total. The zero-order valence-electron chi connectivity index (χ0n) is 15.4. The lowest BCUT2D eigenvalue weighted by atomic mass is 10.0. The number of para-hydroxylation sites is 1. The SMILES string of the molecule is Cc1cc(NC(=O)N2CC(O)CC2c2ccccc2)nn1-c1ccccc1Cl. The van der Waals surface area contributed by atoms with Crippen molar-refractivity contribution in [3.05, 3.63) is 76.9 Å². The van der Waals surface area contributed by atoms with Crippen molar-refractivity contribution >= 4 is 23.4 Å². The molecule has 2 unspecified atom stereocenters. The van der Waals surface area contributed by atoms with Crippen molar-refractivity contribution in [2.45, 2.75) is 25.5 Å². The van der Waals surface area contributed by atoms with Gasteiger partial charge < -0.3 is 10.0 Å². The molecule has 4 rings (SSSR count). The van der Waals surface area contributed by atoms with Crippen molar-refractivity contribution in [1.82, 2.24) is 14.7 Å². The van der Waals surface area contributed by atoms with Crippen LogP contribution in [-0.4, -0.2) is 38.5 Å². The third kappa shape index (κ3) is 3.61. The minimum atomic E-state index is -0.543. The van der Waals surface area contributed by atoms with Gasteiger partial charge in [-0.25, -0.2) is 9.48 Å². The van der Waals surface area contributed by atoms with Gasteiger partial charge in [-0.1, -0.05) is 54.1 Å². The molecule has 0 spiro atoms. The molecule has 3 aromatic rings. The highest BCUT2D eigenvalue weighted by Gasteiger charge is 2.35. The number of hydrogen-bond donors (Lipinski definition) is 2. The van der Waals surface area contributed by atoms with E-state index in [0.717, 1.165) is 16.9 Å². The van der Waals surface area contributed by atoms with Crippen molar-refractivity contribution in [2.24, 2.45) is 0 Å². The van der Waals surface area contributed by atoms with Gasteiger partial charge in [-0.05, 0) is 31.0 Å². The van der Waals surface area contributed by atoms with E-state index in [-0.39, 0.29) is 18.6 Å². The molecule has 0 radical (unpaired) electrons. The molecule has 1 aliphatic rings. The van der Waals surface area contributed by atoms with Crippen LogP contribution in [0.5, 0.6) is 0 Å². The van der Waals surface area contributed by atoms with E-state index in [0.29, 0.717) is 17.3 Å². The third-order valence-electron chi connectivity index (χ3n) is 4.93. The van der Waals surface area contributed by atoms with Gasteiger partial charge in [-0.15, -0.1) is 5.10 Å². The molecule has 2 aromatic carbocycles. The third-order valence-corrected chi connectivity index (χ3v) is 5.25. The number of carbonyl (C=O) groups is 1. The number of aryl methyl sites for hydroxylation is 1. The van der Waals surface area contributed by atoms with Crippen molar-refractivity contribution in [1.29, 1.82) is 0 Å². The fourth-order valence-corrected chi connectivity index (χ4v) is 3.83. The summed E-state index contributed by atoms with van der Waals surface area (Å²) in [4.78, 5) is 14.6. The largest absolute Gasteiger partial charge is 0.391 e. The average molecular weight is 397 g/mol. The van der Waals surface area contributed by atoms with E-state index >= 15 is 0 Å². The fraction of sp³-hybridized carbons (Fsp3) is 0.238. The maximum Gasteiger partial charge on any atom is 0.323 e. The minimum absolute atomic E-state index is 0.164. The van der Waals surface area contributed by atoms with Gasteiger partial charge in [0.25, 0.3) is 0 Å². The molecule has 28 heavy (non-hydrogen) atoms. The zero-order chi connectivity index (χ0) is 19.7. The second kappa shape index (κ2) is 7.66. The summed E-state index contributed by atoms with van der Waals surface area (Å²) < 4.78 is 1.70. The van der Waals surface area contributed by atoms with Crippen molar-refractivity contribution in [2.75, 3.05) is 11.9 Å². The van der Waals surface area contributed by atoms with Crippen LogP contribution in [0.3, 0.4) is 0 Å². The number of amides is 2. The molecule has 144 valence electrons. The first-order valence-corrected chi connectivity index (χ1v) is 9.53. The Kier molecular flexibility index (Phi) is 5.07. The van der Waals surface area contributed by atoms with Gasteiger partial charge >= 0.3 is 6.03 Å². The summed E-state index contributed by atoms with van der Waals surface area (Å²) in [7, 11) is 0. The summed E-state index contributed by atoms with van der Waals surface area (Å²) in [6.45, 7) is 2.19. The topological polar surface area (TPSA) is 70.4 Å². The first-order chi connectivity index (χ1) is 13.5. The Hall–Kier alpha value is -2.83. The molecule has 7 heteroatoms. The number of benzene rings is 2. The minimum Gasteiger partial charge on any atom is -0.391 e. The number of nitrogens with zero attached hydrogens (tertiary/aromatic N) is 3. The quantitative estimate of drug-likeness (QED) is 0.697. The second-order valence-corrected chi connectivity index (χ2v) is 7.34. The van der Waals surface area contributed by atoms with E-state index in [1.54, 1.807) is 21.7 Å². The Labute approximate surface area is 168 Å². The summed E-state index contributed by atoms with van der Waals surface area (Å²) in [6, 6.07) is 18.5. The highest BCUT2D eigenvalue weighted by Crippen LogP contribution is 2.32. The number of carbonyl (C=O) groups excluding carboxylic acids is 1. The number of urea groups is 1. The molecule has 1 saturated heterocycles. The number of halogens is 1. The number of hydrogen-bond acceptors (Lipinski definition) is 3. The molecule has 1 fully saturated rings. The van der Waals surface area contributed by atoms with Gasteiger partial charge in [-0.2, -0.15) is 0 Å². The Morgan fingerprint density at radius 3 is 2.64 bits per heavy atom. The number of anilines is 1. The van der Waals surface area contributed by atoms with E-state index < -0.39 is 6.10 Å². The molecule has 1 aromatic heterocycles. The molecular weight excluding hydrogens is 376 g/mol. The van der Waals surface area contributed by atoms with Crippen molar-refractivity contribution < 1.29 is 9.90 Å². The zero-order valence-corrected chi connectivity index (χ0v) is 16.2. The highest BCUT2D eigenvalue weighted by atomic mass is 35.5. The normalized spacial score (nSPS) is 19.0. The molecule has 0 saturated carbocycles. The Morgan fingerprint density at radius 2 is 1.89 bits per heavy atom. The van der Waals surface area contributed by atoms with Crippen LogP contribution in [0.1, 0.15) is 23.7 Å². The van der Waals surface area contributed by atoms with E-state index in [9.17, 15) is 9.90 Å². The van der Waals surface area contributed by atoms with Gasteiger partial charge in [-0.3, -0.25) is 5.32 Å². The number of β-amino-alcohol motifs (C(OH)–C–C–N with tert-alkyl or cyclic N) is 1. The van der Waals surface area contributed by atoms with E-state index in [2.05, 4.69) is 10.4 Å². The number of rotatable bonds is 3. The molecule has 2 atom stereocenters. The number of aliphatic hydroxyl groups excluding tert-OH is 1. The lowest BCUT2D eigenvalue weighted by Crippen LogP contribution is -2.35. The van der Waals surface area contributed by atoms with Gasteiger partial charge in [0.05, 0.1) is 22.9 Å². The van der Waals surface area contributed by atoms with E-state index in [4.69, 9.17) is 11.6 Å². The summed E-state index contributed by atoms with van der Waals surface area (Å²) in [6.07, 6.45) is -0.0248. The van der Waals surface area contributed by atoms with Crippen molar-refractivity contribution in [3.63, 3.8) is 0 Å². The van der Waals surface area contributed by atoms with Crippen molar-refractivity contribution in [3.8, 4) is 5.69 Å². The Balaban J connectivity index is 1.55. The highest BCUT2D eigenvalue weighted by molar-refractivity contribution is 6.32. The Bertz CT molecular complexity index is 989. The van der Waals surface area contributed by atoms with Gasteiger partial charge in [0, 0.05) is 18.3 Å². The summed E-state index contributed by atoms with van der Waals surface area (Å²) in [5, 5.41) is 18.0. The number of aliphatic hydroxyl groups is 1. The standard InChI is InChI=1S/C21H21ClN4O2/c1-14-11-20(24-26(14)18-10-6-5-9-17(18)22)23-21(28)25-13-16(27)12-19(25)15-7-3-2-4-8-15/h2-11,16,19,27H,12-13H2,1H3,(H,23,24,28). The summed E-state index contributed by atoms with van der Waals surface area (Å²) >= 11 is 6.27. The molecule has 0 aliphatic carbocycles. The first kappa shape index (κ1) is 18.5. The van der Waals surface area contributed by atoms with E-state index in [1.165, 1.54) is 0 Å². The van der Waals surface area contributed by atoms with Gasteiger partial charge in [0.2, 0.25) is 0 Å². The number of likely N-dealkylation sites (tertiary alicyclic amines) is 1. The van der Waals surface area contributed by atoms with Crippen LogP contribution in [0.4, 0.5) is 10.6 Å². The number of nitrogens with one attached hydrogen (secondary N) is 1. The van der Waals surface area contributed by atoms with Gasteiger partial charge in [0.15, 0.2) is 5.82 Å². The molecule has 0 bridgehead atoms. The smallest absolute Gasteiger partial charge is 0.323 e. The molecular formula is C21H21ClN4O2. The van der Waals surface area contributed by atoms with Crippen LogP contribution in [0, 0.1) is 6.92 Å². The maximum atomic E-state index is 12.9. The molecule has 2 amide bonds. The molecule has 2 heterocycles. The van der Waals surface area contributed by atoms with Crippen LogP contribution in [0.15, 0.2) is 60.7 Å². The monoisotopic (exact) mass is 396 g/mol. The lowest BCUT2D eigenvalue weighted by molar-refractivity contribution is 0.175. The maximum absolute atomic E-state index is 12.9. The lowest BCUT2D eigenvalue weighted by Gasteiger charge is -2.24. The van der Waals surface area contributed by atoms with Crippen LogP contribution in [0.2, 0.25) is 5.02 Å². The van der Waals surface area contributed by atoms with Crippen LogP contribution in [-0.2, 0) is 0 Å². The molecule has 1 aliphatic heterocycles. The van der Waals surface area contributed by atoms with Crippen LogP contribution >= 0.6 is 11.6 Å². The second-order valence-electron chi connectivity index (χ2n) is 6.93. The van der Waals surface area contributed by atoms with Crippen LogP contribution < -0.4 is 5.32 Å². The van der Waals surface area contributed by atoms with Crippen LogP contribution in [0.25, 0.3) is 5.69 Å². The molecule has 2 N–H and O–H groups in total.